The minimum absolute atomic E-state index is 0.170. The first-order valence-corrected chi connectivity index (χ1v) is 11.9. The van der Waals surface area contributed by atoms with Crippen LogP contribution in [0.25, 0.3) is 28.2 Å². The van der Waals surface area contributed by atoms with Crippen molar-refractivity contribution in [2.75, 3.05) is 46.5 Å². The van der Waals surface area contributed by atoms with Crippen LogP contribution in [0, 0.1) is 0 Å². The van der Waals surface area contributed by atoms with Crippen LogP contribution in [-0.2, 0) is 4.74 Å². The summed E-state index contributed by atoms with van der Waals surface area (Å²) in [5.41, 5.74) is 4.42. The number of hydrogen-bond donors (Lipinski definition) is 1. The van der Waals surface area contributed by atoms with Gasteiger partial charge in [-0.1, -0.05) is 30.3 Å². The molecule has 4 aromatic rings. The molecule has 1 fully saturated rings. The van der Waals surface area contributed by atoms with E-state index in [2.05, 4.69) is 10.2 Å². The van der Waals surface area contributed by atoms with E-state index in [1.807, 2.05) is 60.7 Å². The van der Waals surface area contributed by atoms with Crippen molar-refractivity contribution in [1.29, 1.82) is 0 Å². The van der Waals surface area contributed by atoms with Crippen molar-refractivity contribution >= 4 is 11.6 Å². The van der Waals surface area contributed by atoms with Crippen LogP contribution in [0.15, 0.2) is 66.7 Å². The Morgan fingerprint density at radius 2 is 1.74 bits per heavy atom. The van der Waals surface area contributed by atoms with Gasteiger partial charge in [-0.15, -0.1) is 0 Å². The zero-order valence-corrected chi connectivity index (χ0v) is 19.8. The smallest absolute Gasteiger partial charge is 0.270 e. The zero-order chi connectivity index (χ0) is 24.0. The van der Waals surface area contributed by atoms with E-state index < -0.39 is 0 Å². The summed E-state index contributed by atoms with van der Waals surface area (Å²) < 4.78 is 12.3. The molecular formula is C27H29N5O3. The predicted molar refractivity (Wildman–Crippen MR) is 135 cm³/mol. The van der Waals surface area contributed by atoms with Crippen molar-refractivity contribution in [2.24, 2.45) is 0 Å². The fourth-order valence-electron chi connectivity index (χ4n) is 4.22. The fraction of sp³-hybridized carbons (Fsp3) is 0.296. The largest absolute Gasteiger partial charge is 0.497 e. The van der Waals surface area contributed by atoms with E-state index in [4.69, 9.17) is 19.6 Å². The Morgan fingerprint density at radius 3 is 2.49 bits per heavy atom. The molecule has 0 spiro atoms. The molecular weight excluding hydrogens is 442 g/mol. The highest BCUT2D eigenvalue weighted by molar-refractivity contribution is 5.94. The molecule has 8 heteroatoms. The number of carbonyl (C=O) groups excluding carboxylic acids is 1. The first kappa shape index (κ1) is 23.0. The molecule has 180 valence electrons. The molecule has 1 amide bonds. The molecule has 1 aliphatic rings. The maximum absolute atomic E-state index is 13.3. The normalized spacial score (nSPS) is 14.2. The van der Waals surface area contributed by atoms with Crippen molar-refractivity contribution in [3.63, 3.8) is 0 Å². The zero-order valence-electron chi connectivity index (χ0n) is 19.8. The topological polar surface area (TPSA) is 81.0 Å². The second kappa shape index (κ2) is 10.7. The molecule has 1 aliphatic heterocycles. The molecule has 0 radical (unpaired) electrons. The third-order valence-electron chi connectivity index (χ3n) is 6.16. The van der Waals surface area contributed by atoms with Gasteiger partial charge in [0.1, 0.15) is 11.4 Å². The number of rotatable bonds is 8. The van der Waals surface area contributed by atoms with Crippen molar-refractivity contribution in [3.8, 4) is 28.3 Å². The number of amides is 1. The average Bonchev–Trinajstić information content (AvgIpc) is 3.36. The van der Waals surface area contributed by atoms with Crippen LogP contribution in [0.2, 0.25) is 0 Å². The number of ether oxygens (including phenoxy) is 2. The van der Waals surface area contributed by atoms with Gasteiger partial charge >= 0.3 is 0 Å². The highest BCUT2D eigenvalue weighted by atomic mass is 16.5. The monoisotopic (exact) mass is 471 g/mol. The van der Waals surface area contributed by atoms with Crippen LogP contribution in [0.3, 0.4) is 0 Å². The van der Waals surface area contributed by atoms with Crippen LogP contribution >= 0.6 is 0 Å². The molecule has 0 atom stereocenters. The van der Waals surface area contributed by atoms with Crippen molar-refractivity contribution < 1.29 is 14.3 Å². The Morgan fingerprint density at radius 1 is 1.00 bits per heavy atom. The first-order chi connectivity index (χ1) is 17.2. The molecule has 1 saturated heterocycles. The van der Waals surface area contributed by atoms with Gasteiger partial charge in [-0.25, -0.2) is 9.50 Å². The van der Waals surface area contributed by atoms with E-state index in [1.54, 1.807) is 17.7 Å². The molecule has 0 aliphatic carbocycles. The van der Waals surface area contributed by atoms with Crippen LogP contribution in [0.4, 0.5) is 0 Å². The molecule has 0 saturated carbocycles. The minimum atomic E-state index is -0.170. The minimum Gasteiger partial charge on any atom is -0.497 e. The number of morpholine rings is 1. The van der Waals surface area contributed by atoms with E-state index in [0.29, 0.717) is 23.6 Å². The van der Waals surface area contributed by atoms with E-state index in [0.717, 1.165) is 61.8 Å². The molecule has 2 aromatic heterocycles. The quantitative estimate of drug-likeness (QED) is 0.396. The summed E-state index contributed by atoms with van der Waals surface area (Å²) in [5, 5.41) is 7.79. The van der Waals surface area contributed by atoms with E-state index in [-0.39, 0.29) is 5.91 Å². The second-order valence-electron chi connectivity index (χ2n) is 8.48. The van der Waals surface area contributed by atoms with Crippen molar-refractivity contribution in [1.82, 2.24) is 24.8 Å². The lowest BCUT2D eigenvalue weighted by molar-refractivity contribution is 0.0374. The van der Waals surface area contributed by atoms with E-state index >= 15 is 0 Å². The number of hydrogen-bond acceptors (Lipinski definition) is 6. The lowest BCUT2D eigenvalue weighted by Gasteiger charge is -2.26. The average molecular weight is 472 g/mol. The fourth-order valence-corrected chi connectivity index (χ4v) is 4.22. The maximum atomic E-state index is 13.3. The first-order valence-electron chi connectivity index (χ1n) is 11.9. The lowest BCUT2D eigenvalue weighted by Crippen LogP contribution is -2.38. The van der Waals surface area contributed by atoms with Crippen LogP contribution < -0.4 is 10.1 Å². The van der Waals surface area contributed by atoms with Gasteiger partial charge in [-0.2, -0.15) is 5.10 Å². The van der Waals surface area contributed by atoms with E-state index in [9.17, 15) is 4.79 Å². The van der Waals surface area contributed by atoms with E-state index in [1.165, 1.54) is 0 Å². The van der Waals surface area contributed by atoms with Gasteiger partial charge in [0.2, 0.25) is 0 Å². The molecule has 3 heterocycles. The molecule has 35 heavy (non-hydrogen) atoms. The number of carbonyl (C=O) groups is 1. The third-order valence-corrected chi connectivity index (χ3v) is 6.16. The summed E-state index contributed by atoms with van der Waals surface area (Å²) in [6.45, 7) is 4.97. The summed E-state index contributed by atoms with van der Waals surface area (Å²) in [7, 11) is 1.64. The number of fused-ring (bicyclic) bond motifs is 1. The number of methoxy groups -OCH3 is 1. The van der Waals surface area contributed by atoms with Gasteiger partial charge in [-0.3, -0.25) is 9.69 Å². The molecule has 5 rings (SSSR count). The Hall–Kier alpha value is -3.75. The molecule has 2 aromatic carbocycles. The Bertz CT molecular complexity index is 1280. The summed E-state index contributed by atoms with van der Waals surface area (Å²) in [6, 6.07) is 21.3. The SMILES string of the molecule is COc1ccc(-c2cc(C(=O)NCCCN3CCOCC3)n3nc(-c4ccccc4)cc3n2)cc1. The third kappa shape index (κ3) is 5.34. The highest BCUT2D eigenvalue weighted by Crippen LogP contribution is 2.25. The number of nitrogens with one attached hydrogen (secondary N) is 1. The van der Waals surface area contributed by atoms with Crippen LogP contribution in [0.5, 0.6) is 5.75 Å². The second-order valence-corrected chi connectivity index (χ2v) is 8.48. The Kier molecular flexibility index (Phi) is 7.02. The Balaban J connectivity index is 1.42. The number of benzene rings is 2. The van der Waals surface area contributed by atoms with Gasteiger partial charge in [0.05, 0.1) is 31.7 Å². The van der Waals surface area contributed by atoms with Crippen molar-refractivity contribution in [3.05, 3.63) is 72.4 Å². The van der Waals surface area contributed by atoms with Gasteiger partial charge in [0.15, 0.2) is 5.65 Å². The predicted octanol–water partition coefficient (Wildman–Crippen LogP) is 3.52. The van der Waals surface area contributed by atoms with Crippen LogP contribution in [0.1, 0.15) is 16.9 Å². The van der Waals surface area contributed by atoms with Crippen LogP contribution in [-0.4, -0.2) is 71.9 Å². The molecule has 0 bridgehead atoms. The molecule has 0 unspecified atom stereocenters. The maximum Gasteiger partial charge on any atom is 0.270 e. The van der Waals surface area contributed by atoms with Crippen molar-refractivity contribution in [2.45, 2.75) is 6.42 Å². The number of aromatic nitrogens is 3. The Labute approximate surface area is 204 Å². The number of nitrogens with zero attached hydrogens (tertiary/aromatic N) is 4. The lowest BCUT2D eigenvalue weighted by atomic mass is 10.1. The highest BCUT2D eigenvalue weighted by Gasteiger charge is 2.17. The summed E-state index contributed by atoms with van der Waals surface area (Å²) in [4.78, 5) is 20.5. The van der Waals surface area contributed by atoms with Gasteiger partial charge < -0.3 is 14.8 Å². The van der Waals surface area contributed by atoms with Gasteiger partial charge in [-0.05, 0) is 43.3 Å². The summed E-state index contributed by atoms with van der Waals surface area (Å²) in [6.07, 6.45) is 0.875. The summed E-state index contributed by atoms with van der Waals surface area (Å²) >= 11 is 0. The van der Waals surface area contributed by atoms with Gasteiger partial charge in [0, 0.05) is 36.8 Å². The molecule has 8 nitrogen and oxygen atoms in total. The molecule has 1 N–H and O–H groups in total. The summed E-state index contributed by atoms with van der Waals surface area (Å²) in [5.74, 6) is 0.598. The standard InChI is InChI=1S/C27H29N5O3/c1-34-22-10-8-21(9-11-22)23-18-25(27(33)28-12-5-13-31-14-16-35-17-15-31)32-26(29-23)19-24(30-32)20-6-3-2-4-7-20/h2-4,6-11,18-19H,5,12-17H2,1H3,(H,28,33). The van der Waals surface area contributed by atoms with Gasteiger partial charge in [0.25, 0.3) is 5.91 Å².